The number of carbonyl (C=O) groups is 1. The van der Waals surface area contributed by atoms with Crippen molar-refractivity contribution in [3.05, 3.63) is 82.3 Å². The summed E-state index contributed by atoms with van der Waals surface area (Å²) in [6.07, 6.45) is 1.41. The number of nitrogens with one attached hydrogen (secondary N) is 2. The quantitative estimate of drug-likeness (QED) is 0.344. The Hall–Kier alpha value is -2.79. The molecule has 0 fully saturated rings. The molecule has 0 aliphatic carbocycles. The third kappa shape index (κ3) is 7.60. The van der Waals surface area contributed by atoms with Crippen molar-refractivity contribution in [2.45, 2.75) is 24.7 Å². The predicted molar refractivity (Wildman–Crippen MR) is 145 cm³/mol. The summed E-state index contributed by atoms with van der Waals surface area (Å²) < 4.78 is 53.3. The Morgan fingerprint density at radius 3 is 2.19 bits per heavy atom. The van der Waals surface area contributed by atoms with Crippen molar-refractivity contribution in [3.8, 4) is 0 Å². The molecule has 0 aromatic heterocycles. The molecule has 0 radical (unpaired) electrons. The maximum Gasteiger partial charge on any atom is 0.261 e. The summed E-state index contributed by atoms with van der Waals surface area (Å²) in [6.45, 7) is 1.91. The first-order valence-electron chi connectivity index (χ1n) is 10.8. The van der Waals surface area contributed by atoms with E-state index >= 15 is 0 Å². The molecule has 3 aromatic rings. The molecule has 2 N–H and O–H groups in total. The number of rotatable bonds is 10. The van der Waals surface area contributed by atoms with Crippen LogP contribution >= 0.6 is 23.2 Å². The number of nitrogens with zero attached hydrogens (tertiary/aromatic N) is 1. The highest BCUT2D eigenvalue weighted by atomic mass is 35.5. The van der Waals surface area contributed by atoms with Gasteiger partial charge in [0.05, 0.1) is 22.5 Å². The fraction of sp³-hybridized carbons (Fsp3) is 0.208. The third-order valence-electron chi connectivity index (χ3n) is 5.13. The van der Waals surface area contributed by atoms with Gasteiger partial charge in [0.25, 0.3) is 10.0 Å². The van der Waals surface area contributed by atoms with Crippen LogP contribution in [0.25, 0.3) is 0 Å². The van der Waals surface area contributed by atoms with E-state index in [9.17, 15) is 21.6 Å². The smallest absolute Gasteiger partial charge is 0.261 e. The van der Waals surface area contributed by atoms with E-state index in [1.54, 1.807) is 36.4 Å². The largest absolute Gasteiger partial charge is 0.326 e. The molecule has 3 aromatic carbocycles. The van der Waals surface area contributed by atoms with E-state index in [4.69, 9.17) is 23.2 Å². The lowest BCUT2D eigenvalue weighted by atomic mass is 10.2. The molecule has 0 atom stereocenters. The molecule has 8 nitrogen and oxygen atoms in total. The predicted octanol–water partition coefficient (Wildman–Crippen LogP) is 5.29. The zero-order valence-corrected chi connectivity index (χ0v) is 22.7. The lowest BCUT2D eigenvalue weighted by molar-refractivity contribution is -0.116. The zero-order chi connectivity index (χ0) is 26.5. The van der Waals surface area contributed by atoms with Crippen molar-refractivity contribution in [1.29, 1.82) is 0 Å². The van der Waals surface area contributed by atoms with Crippen molar-refractivity contribution in [2.75, 3.05) is 27.1 Å². The highest BCUT2D eigenvalue weighted by Crippen LogP contribution is 2.24. The average molecular weight is 571 g/mol. The monoisotopic (exact) mass is 569 g/mol. The first-order valence-corrected chi connectivity index (χ1v) is 14.9. The lowest BCUT2D eigenvalue weighted by Crippen LogP contribution is -2.31. The molecule has 0 heterocycles. The van der Waals surface area contributed by atoms with Gasteiger partial charge in [-0.2, -0.15) is 0 Å². The van der Waals surface area contributed by atoms with Crippen LogP contribution in [0, 0.1) is 6.92 Å². The number of carbonyl (C=O) groups excluding carboxylic acids is 1. The summed E-state index contributed by atoms with van der Waals surface area (Å²) in [5.41, 5.74) is 1.99. The first kappa shape index (κ1) is 27.8. The maximum absolute atomic E-state index is 12.7. The van der Waals surface area contributed by atoms with Gasteiger partial charge in [-0.15, -0.1) is 0 Å². The molecular weight excluding hydrogens is 545 g/mol. The Bertz CT molecular complexity index is 1460. The number of sulfonamides is 2. The van der Waals surface area contributed by atoms with Gasteiger partial charge < -0.3 is 5.32 Å². The van der Waals surface area contributed by atoms with Gasteiger partial charge in [0.2, 0.25) is 15.9 Å². The van der Waals surface area contributed by atoms with Crippen molar-refractivity contribution >= 4 is 66.2 Å². The van der Waals surface area contributed by atoms with Gasteiger partial charge in [0, 0.05) is 28.7 Å². The Balaban J connectivity index is 1.58. The molecule has 12 heteroatoms. The average Bonchev–Trinajstić information content (AvgIpc) is 2.78. The standard InChI is InChI=1S/C24H25Cl2N3O5S2/c1-17-8-9-20(16-23(17)26)28-36(33,34)22-12-10-19(11-13-22)27-24(30)7-4-14-29(35(2,31)32)21-6-3-5-18(25)15-21/h3,5-6,8-13,15-16,28H,4,7,14H2,1-2H3,(H,27,30). The summed E-state index contributed by atoms with van der Waals surface area (Å²) in [7, 11) is -7.41. The molecule has 36 heavy (non-hydrogen) atoms. The van der Waals surface area contributed by atoms with Gasteiger partial charge in [-0.1, -0.05) is 35.3 Å². The molecule has 3 rings (SSSR count). The van der Waals surface area contributed by atoms with E-state index in [1.807, 2.05) is 6.92 Å². The van der Waals surface area contributed by atoms with Crippen molar-refractivity contribution < 1.29 is 21.6 Å². The van der Waals surface area contributed by atoms with Crippen LogP contribution in [0.15, 0.2) is 71.6 Å². The van der Waals surface area contributed by atoms with E-state index in [2.05, 4.69) is 10.0 Å². The van der Waals surface area contributed by atoms with E-state index in [1.165, 1.54) is 34.6 Å². The fourth-order valence-electron chi connectivity index (χ4n) is 3.31. The normalized spacial score (nSPS) is 11.7. The van der Waals surface area contributed by atoms with Gasteiger partial charge in [0.15, 0.2) is 0 Å². The Morgan fingerprint density at radius 1 is 0.917 bits per heavy atom. The second-order valence-corrected chi connectivity index (χ2v) is 12.5. The van der Waals surface area contributed by atoms with Crippen LogP contribution in [-0.2, 0) is 24.8 Å². The summed E-state index contributed by atoms with van der Waals surface area (Å²) in [5, 5.41) is 3.53. The number of amides is 1. The molecule has 0 aliphatic rings. The van der Waals surface area contributed by atoms with E-state index in [-0.39, 0.29) is 30.2 Å². The topological polar surface area (TPSA) is 113 Å². The van der Waals surface area contributed by atoms with Gasteiger partial charge in [0.1, 0.15) is 0 Å². The molecular formula is C24H25Cl2N3O5S2. The summed E-state index contributed by atoms with van der Waals surface area (Å²) in [6, 6.07) is 17.0. The van der Waals surface area contributed by atoms with Crippen molar-refractivity contribution in [2.24, 2.45) is 0 Å². The SMILES string of the molecule is Cc1ccc(NS(=O)(=O)c2ccc(NC(=O)CCCN(c3cccc(Cl)c3)S(C)(=O)=O)cc2)cc1Cl. The van der Waals surface area contributed by atoms with Crippen molar-refractivity contribution in [1.82, 2.24) is 0 Å². The van der Waals surface area contributed by atoms with Gasteiger partial charge in [-0.05, 0) is 73.5 Å². The second-order valence-electron chi connectivity index (χ2n) is 8.06. The zero-order valence-electron chi connectivity index (χ0n) is 19.5. The lowest BCUT2D eigenvalue weighted by Gasteiger charge is -2.22. The number of hydrogen-bond donors (Lipinski definition) is 2. The van der Waals surface area contributed by atoms with Crippen LogP contribution in [-0.4, -0.2) is 35.5 Å². The Morgan fingerprint density at radius 2 is 1.58 bits per heavy atom. The highest BCUT2D eigenvalue weighted by Gasteiger charge is 2.18. The van der Waals surface area contributed by atoms with Crippen LogP contribution in [0.1, 0.15) is 18.4 Å². The van der Waals surface area contributed by atoms with Gasteiger partial charge >= 0.3 is 0 Å². The van der Waals surface area contributed by atoms with Crippen molar-refractivity contribution in [3.63, 3.8) is 0 Å². The third-order valence-corrected chi connectivity index (χ3v) is 8.37. The maximum atomic E-state index is 12.7. The van der Waals surface area contributed by atoms with Gasteiger partial charge in [-0.25, -0.2) is 16.8 Å². The van der Waals surface area contributed by atoms with Crippen LogP contribution in [0.2, 0.25) is 10.0 Å². The summed E-state index contributed by atoms with van der Waals surface area (Å²) in [5.74, 6) is -0.336. The molecule has 192 valence electrons. The minimum absolute atomic E-state index is 0.0162. The molecule has 0 saturated carbocycles. The molecule has 0 saturated heterocycles. The van der Waals surface area contributed by atoms with Gasteiger partial charge in [-0.3, -0.25) is 13.8 Å². The Labute approximate surface area is 221 Å². The van der Waals surface area contributed by atoms with Crippen LogP contribution < -0.4 is 14.3 Å². The number of halogens is 2. The highest BCUT2D eigenvalue weighted by molar-refractivity contribution is 7.92. The van der Waals surface area contributed by atoms with E-state index in [0.29, 0.717) is 27.1 Å². The molecule has 1 amide bonds. The van der Waals surface area contributed by atoms with E-state index < -0.39 is 20.0 Å². The van der Waals surface area contributed by atoms with Crippen LogP contribution in [0.5, 0.6) is 0 Å². The molecule has 0 bridgehead atoms. The molecule has 0 aliphatic heterocycles. The minimum Gasteiger partial charge on any atom is -0.326 e. The van der Waals surface area contributed by atoms with Crippen LogP contribution in [0.3, 0.4) is 0 Å². The second kappa shape index (κ2) is 11.5. The number of hydrogen-bond acceptors (Lipinski definition) is 5. The number of aryl methyl sites for hydroxylation is 1. The van der Waals surface area contributed by atoms with E-state index in [0.717, 1.165) is 11.8 Å². The summed E-state index contributed by atoms with van der Waals surface area (Å²) >= 11 is 12.0. The summed E-state index contributed by atoms with van der Waals surface area (Å²) in [4.78, 5) is 12.4. The first-order chi connectivity index (χ1) is 16.8. The number of benzene rings is 3. The fourth-order valence-corrected chi connectivity index (χ4v) is 5.68. The number of anilines is 3. The molecule has 0 unspecified atom stereocenters. The molecule has 0 spiro atoms. The minimum atomic E-state index is -3.85. The Kier molecular flexibility index (Phi) is 8.89. The van der Waals surface area contributed by atoms with Crippen LogP contribution in [0.4, 0.5) is 17.1 Å².